The lowest BCUT2D eigenvalue weighted by molar-refractivity contribution is 0.481. The van der Waals surface area contributed by atoms with Crippen LogP contribution in [0.25, 0.3) is 0 Å². The smallest absolute Gasteiger partial charge is 0.239 e. The van der Waals surface area contributed by atoms with E-state index in [4.69, 9.17) is 0 Å². The summed E-state index contributed by atoms with van der Waals surface area (Å²) in [4.78, 5) is 9.94. The highest BCUT2D eigenvalue weighted by Crippen LogP contribution is 2.17. The Balaban J connectivity index is 3.51. The van der Waals surface area contributed by atoms with Gasteiger partial charge in [0.15, 0.2) is 11.6 Å². The highest BCUT2D eigenvalue weighted by molar-refractivity contribution is 5.76. The molecule has 0 fully saturated rings. The van der Waals surface area contributed by atoms with E-state index in [0.717, 1.165) is 12.4 Å². The van der Waals surface area contributed by atoms with Gasteiger partial charge in [-0.2, -0.15) is 0 Å². The van der Waals surface area contributed by atoms with E-state index in [2.05, 4.69) is 0 Å². The van der Waals surface area contributed by atoms with E-state index >= 15 is 0 Å². The van der Waals surface area contributed by atoms with E-state index in [9.17, 15) is 18.0 Å². The summed E-state index contributed by atoms with van der Waals surface area (Å²) in [7, 11) is 0. The van der Waals surface area contributed by atoms with Gasteiger partial charge in [-0.1, -0.05) is 0 Å². The van der Waals surface area contributed by atoms with Crippen LogP contribution in [-0.2, 0) is 4.79 Å². The van der Waals surface area contributed by atoms with Crippen LogP contribution >= 0.6 is 0 Å². The monoisotopic (exact) mass is 173 g/mol. The Labute approximate surface area is 66.8 Å². The van der Waals surface area contributed by atoms with Gasteiger partial charge in [0.2, 0.25) is 6.29 Å². The fraction of sp³-hybridized carbons (Fsp3) is 0.125. The number of aryl methyl sites for hydroxylation is 1. The third-order valence-electron chi connectivity index (χ3n) is 1.44. The average Bonchev–Trinajstić information content (AvgIpc) is 2.01. The van der Waals surface area contributed by atoms with E-state index in [0.29, 0.717) is 0 Å². The molecular weight excluding hydrogens is 169 g/mol. The summed E-state index contributed by atoms with van der Waals surface area (Å²) in [5.74, 6) is -3.79. The van der Waals surface area contributed by atoms with Crippen molar-refractivity contribution in [2.24, 2.45) is 0 Å². The van der Waals surface area contributed by atoms with Gasteiger partial charge in [-0.25, -0.2) is 13.2 Å². The largest absolute Gasteiger partial charge is 0.285 e. The van der Waals surface area contributed by atoms with Crippen LogP contribution in [0.3, 0.4) is 0 Å². The molecule has 0 heterocycles. The maximum atomic E-state index is 12.6. The summed E-state index contributed by atoms with van der Waals surface area (Å²) in [6, 6.07) is 0.749. The molecule has 1 radical (unpaired) electrons. The normalized spacial score (nSPS) is 10.0. The Kier molecular flexibility index (Phi) is 2.17. The van der Waals surface area contributed by atoms with Gasteiger partial charge in [-0.05, 0) is 18.6 Å². The average molecular weight is 173 g/mol. The molecule has 0 saturated heterocycles. The third kappa shape index (κ3) is 1.20. The van der Waals surface area contributed by atoms with E-state index in [-0.39, 0.29) is 5.56 Å². The van der Waals surface area contributed by atoms with Gasteiger partial charge >= 0.3 is 0 Å². The molecule has 63 valence electrons. The second-order valence-electron chi connectivity index (χ2n) is 2.28. The number of rotatable bonds is 1. The van der Waals surface area contributed by atoms with Crippen LogP contribution in [-0.4, -0.2) is 6.29 Å². The Morgan fingerprint density at radius 2 is 1.83 bits per heavy atom. The topological polar surface area (TPSA) is 17.1 Å². The third-order valence-corrected chi connectivity index (χ3v) is 1.44. The van der Waals surface area contributed by atoms with Crippen LogP contribution in [0.2, 0.25) is 0 Å². The van der Waals surface area contributed by atoms with Crippen molar-refractivity contribution < 1.29 is 18.0 Å². The van der Waals surface area contributed by atoms with Crippen LogP contribution in [0.15, 0.2) is 6.07 Å². The highest BCUT2D eigenvalue weighted by Gasteiger charge is 2.16. The molecule has 0 aliphatic heterocycles. The second kappa shape index (κ2) is 2.97. The first-order chi connectivity index (χ1) is 5.57. The number of hydrogen-bond acceptors (Lipinski definition) is 1. The summed E-state index contributed by atoms with van der Waals surface area (Å²) in [6.45, 7) is 1.20. The number of hydrogen-bond donors (Lipinski definition) is 0. The van der Waals surface area contributed by atoms with Crippen molar-refractivity contribution in [3.8, 4) is 0 Å². The van der Waals surface area contributed by atoms with Crippen molar-refractivity contribution >= 4 is 6.29 Å². The molecule has 0 atom stereocenters. The highest BCUT2D eigenvalue weighted by atomic mass is 19.2. The van der Waals surface area contributed by atoms with E-state index < -0.39 is 23.0 Å². The number of halogens is 3. The molecule has 12 heavy (non-hydrogen) atoms. The lowest BCUT2D eigenvalue weighted by Crippen LogP contribution is -2.00. The minimum atomic E-state index is -1.48. The van der Waals surface area contributed by atoms with Crippen LogP contribution in [0.1, 0.15) is 11.1 Å². The molecule has 4 heteroatoms. The standard InChI is InChI=1S/C8H4F3O/c1-4-2-6(9)5(3-12)8(11)7(4)10/h2H,1H3. The lowest BCUT2D eigenvalue weighted by atomic mass is 10.1. The van der Waals surface area contributed by atoms with Gasteiger partial charge in [-0.3, -0.25) is 4.79 Å². The molecule has 1 aromatic carbocycles. The van der Waals surface area contributed by atoms with Crippen LogP contribution in [0.4, 0.5) is 13.2 Å². The fourth-order valence-electron chi connectivity index (χ4n) is 0.807. The molecule has 0 N–H and O–H groups in total. The fourth-order valence-corrected chi connectivity index (χ4v) is 0.807. The molecule has 0 amide bonds. The van der Waals surface area contributed by atoms with Gasteiger partial charge in [0.05, 0.1) is 0 Å². The first-order valence-corrected chi connectivity index (χ1v) is 3.10. The minimum Gasteiger partial charge on any atom is -0.285 e. The zero-order valence-electron chi connectivity index (χ0n) is 6.12. The van der Waals surface area contributed by atoms with Crippen LogP contribution in [0, 0.1) is 24.4 Å². The SMILES string of the molecule is Cc1cc(F)c([C]=O)c(F)c1F. The molecule has 0 unspecified atom stereocenters. The van der Waals surface area contributed by atoms with Crippen LogP contribution in [0.5, 0.6) is 0 Å². The van der Waals surface area contributed by atoms with Crippen molar-refractivity contribution in [1.82, 2.24) is 0 Å². The first kappa shape index (κ1) is 8.77. The van der Waals surface area contributed by atoms with E-state index in [1.165, 1.54) is 6.92 Å². The van der Waals surface area contributed by atoms with Crippen molar-refractivity contribution in [3.63, 3.8) is 0 Å². The minimum absolute atomic E-state index is 0.177. The van der Waals surface area contributed by atoms with Gasteiger partial charge in [0, 0.05) is 0 Å². The molecule has 0 spiro atoms. The quantitative estimate of drug-likeness (QED) is 0.592. The Bertz CT molecular complexity index is 334. The summed E-state index contributed by atoms with van der Waals surface area (Å²) in [5.41, 5.74) is -1.16. The Morgan fingerprint density at radius 3 is 2.33 bits per heavy atom. The molecule has 0 bridgehead atoms. The predicted octanol–water partition coefficient (Wildman–Crippen LogP) is 1.87. The van der Waals surface area contributed by atoms with Gasteiger partial charge in [-0.15, -0.1) is 0 Å². The van der Waals surface area contributed by atoms with Gasteiger partial charge in [0.1, 0.15) is 11.4 Å². The van der Waals surface area contributed by atoms with Crippen LogP contribution < -0.4 is 0 Å². The molecule has 1 nitrogen and oxygen atoms in total. The predicted molar refractivity (Wildman–Crippen MR) is 35.8 cm³/mol. The summed E-state index contributed by atoms with van der Waals surface area (Å²) < 4.78 is 37.9. The molecule has 1 rings (SSSR count). The van der Waals surface area contributed by atoms with Gasteiger partial charge in [0.25, 0.3) is 0 Å². The maximum absolute atomic E-state index is 12.6. The number of carbonyl (C=O) groups excluding carboxylic acids is 1. The van der Waals surface area contributed by atoms with Gasteiger partial charge < -0.3 is 0 Å². The molecule has 0 aliphatic rings. The molecular formula is C8H4F3O. The van der Waals surface area contributed by atoms with Crippen molar-refractivity contribution in [2.45, 2.75) is 6.92 Å². The molecule has 0 aromatic heterocycles. The van der Waals surface area contributed by atoms with Crippen molar-refractivity contribution in [1.29, 1.82) is 0 Å². The zero-order valence-corrected chi connectivity index (χ0v) is 6.12. The molecule has 0 saturated carbocycles. The van der Waals surface area contributed by atoms with Crippen molar-refractivity contribution in [3.05, 3.63) is 34.6 Å². The lowest BCUT2D eigenvalue weighted by Gasteiger charge is -2.00. The Morgan fingerprint density at radius 1 is 1.25 bits per heavy atom. The van der Waals surface area contributed by atoms with Crippen molar-refractivity contribution in [2.75, 3.05) is 0 Å². The Hall–Kier alpha value is -1.32. The molecule has 1 aromatic rings. The first-order valence-electron chi connectivity index (χ1n) is 3.10. The summed E-state index contributed by atoms with van der Waals surface area (Å²) >= 11 is 0. The second-order valence-corrected chi connectivity index (χ2v) is 2.28. The molecule has 0 aliphatic carbocycles. The van der Waals surface area contributed by atoms with E-state index in [1.54, 1.807) is 0 Å². The summed E-state index contributed by atoms with van der Waals surface area (Å²) in [5, 5.41) is 0. The number of benzene rings is 1. The van der Waals surface area contributed by atoms with E-state index in [1.807, 2.05) is 0 Å². The summed E-state index contributed by atoms with van der Waals surface area (Å²) in [6.07, 6.45) is 0.992. The maximum Gasteiger partial charge on any atom is 0.239 e. The zero-order chi connectivity index (χ0) is 9.30.